The summed E-state index contributed by atoms with van der Waals surface area (Å²) >= 11 is 0. The van der Waals surface area contributed by atoms with Crippen molar-refractivity contribution in [2.24, 2.45) is 5.92 Å². The summed E-state index contributed by atoms with van der Waals surface area (Å²) in [5.74, 6) is -0.937. The maximum atomic E-state index is 11.8. The smallest absolute Gasteiger partial charge is 0.414 e. The van der Waals surface area contributed by atoms with Crippen LogP contribution < -0.4 is 10.6 Å². The second-order valence-corrected chi connectivity index (χ2v) is 4.61. The number of rotatable bonds is 4. The van der Waals surface area contributed by atoms with Gasteiger partial charge in [-0.3, -0.25) is 4.90 Å². The summed E-state index contributed by atoms with van der Waals surface area (Å²) in [7, 11) is 1.46. The largest absolute Gasteiger partial charge is 0.478 e. The summed E-state index contributed by atoms with van der Waals surface area (Å²) in [6.07, 6.45) is -0.596. The molecule has 0 unspecified atom stereocenters. The molecule has 0 saturated heterocycles. The van der Waals surface area contributed by atoms with Crippen LogP contribution in [0.1, 0.15) is 24.2 Å². The molecule has 1 aromatic carbocycles. The van der Waals surface area contributed by atoms with Crippen molar-refractivity contribution >= 4 is 23.4 Å². The Kier molecular flexibility index (Phi) is 4.74. The number of ether oxygens (including phenoxy) is 1. The van der Waals surface area contributed by atoms with Gasteiger partial charge in [0.2, 0.25) is 0 Å². The van der Waals surface area contributed by atoms with Crippen molar-refractivity contribution in [2.75, 3.05) is 24.3 Å². The van der Waals surface area contributed by atoms with E-state index in [1.807, 2.05) is 13.8 Å². The maximum Gasteiger partial charge on any atom is 0.414 e. The molecule has 6 heteroatoms. The van der Waals surface area contributed by atoms with Gasteiger partial charge < -0.3 is 15.6 Å². The molecule has 0 aromatic heterocycles. The van der Waals surface area contributed by atoms with Crippen LogP contribution in [-0.4, -0.2) is 30.8 Å². The summed E-state index contributed by atoms with van der Waals surface area (Å²) in [6, 6.07) is 4.33. The van der Waals surface area contributed by atoms with E-state index in [2.05, 4.69) is 0 Å². The molecule has 6 nitrogen and oxygen atoms in total. The molecule has 0 aliphatic heterocycles. The lowest BCUT2D eigenvalue weighted by Gasteiger charge is -2.19. The van der Waals surface area contributed by atoms with Crippen molar-refractivity contribution < 1.29 is 19.4 Å². The Labute approximate surface area is 111 Å². The van der Waals surface area contributed by atoms with E-state index < -0.39 is 12.1 Å². The fourth-order valence-corrected chi connectivity index (χ4v) is 1.45. The van der Waals surface area contributed by atoms with E-state index in [9.17, 15) is 9.59 Å². The number of hydrogen-bond donors (Lipinski definition) is 2. The molecule has 3 N–H and O–H groups in total. The van der Waals surface area contributed by atoms with Gasteiger partial charge in [-0.2, -0.15) is 0 Å². The Morgan fingerprint density at radius 1 is 1.42 bits per heavy atom. The van der Waals surface area contributed by atoms with Crippen LogP contribution in [0, 0.1) is 5.92 Å². The number of anilines is 2. The molecule has 0 atom stereocenters. The first-order valence-electron chi connectivity index (χ1n) is 5.86. The van der Waals surface area contributed by atoms with Crippen molar-refractivity contribution in [1.82, 2.24) is 0 Å². The van der Waals surface area contributed by atoms with Crippen molar-refractivity contribution in [3.63, 3.8) is 0 Å². The van der Waals surface area contributed by atoms with Gasteiger partial charge in [0, 0.05) is 12.7 Å². The number of carboxylic acid groups (broad SMARTS) is 1. The number of carbonyl (C=O) groups excluding carboxylic acids is 1. The SMILES string of the molecule is CC(C)COC(=O)N(C)c1ccc(N)cc1C(=O)O. The van der Waals surface area contributed by atoms with E-state index in [0.717, 1.165) is 4.90 Å². The normalized spacial score (nSPS) is 10.3. The lowest BCUT2D eigenvalue weighted by Crippen LogP contribution is -2.29. The third-order valence-corrected chi connectivity index (χ3v) is 2.43. The summed E-state index contributed by atoms with van der Waals surface area (Å²) in [5.41, 5.74) is 6.07. The lowest BCUT2D eigenvalue weighted by atomic mass is 10.1. The van der Waals surface area contributed by atoms with Crippen LogP contribution in [0.4, 0.5) is 16.2 Å². The molecular formula is C13H18N2O4. The van der Waals surface area contributed by atoms with E-state index >= 15 is 0 Å². The van der Waals surface area contributed by atoms with Crippen LogP contribution in [0.2, 0.25) is 0 Å². The van der Waals surface area contributed by atoms with E-state index in [1.165, 1.54) is 25.2 Å². The fraction of sp³-hybridized carbons (Fsp3) is 0.385. The lowest BCUT2D eigenvalue weighted by molar-refractivity contribution is 0.0697. The Morgan fingerprint density at radius 3 is 2.58 bits per heavy atom. The van der Waals surface area contributed by atoms with Gasteiger partial charge in [-0.1, -0.05) is 13.8 Å². The number of aromatic carboxylic acids is 1. The van der Waals surface area contributed by atoms with Gasteiger partial charge in [-0.25, -0.2) is 9.59 Å². The predicted molar refractivity (Wildman–Crippen MR) is 72.4 cm³/mol. The number of nitrogen functional groups attached to an aromatic ring is 1. The quantitative estimate of drug-likeness (QED) is 0.815. The molecule has 0 fully saturated rings. The number of carbonyl (C=O) groups is 2. The first-order chi connectivity index (χ1) is 8.82. The highest BCUT2D eigenvalue weighted by molar-refractivity contribution is 6.00. The van der Waals surface area contributed by atoms with Gasteiger partial charge in [0.25, 0.3) is 0 Å². The van der Waals surface area contributed by atoms with Gasteiger partial charge in [0.15, 0.2) is 0 Å². The Morgan fingerprint density at radius 2 is 2.05 bits per heavy atom. The molecule has 0 heterocycles. The van der Waals surface area contributed by atoms with Gasteiger partial charge in [0.1, 0.15) is 0 Å². The third kappa shape index (κ3) is 3.87. The standard InChI is InChI=1S/C13H18N2O4/c1-8(2)7-19-13(18)15(3)11-5-4-9(14)6-10(11)12(16)17/h4-6,8H,7,14H2,1-3H3,(H,16,17). The van der Waals surface area contributed by atoms with Crippen LogP contribution >= 0.6 is 0 Å². The second kappa shape index (κ2) is 6.08. The number of carboxylic acids is 1. The molecule has 0 aliphatic rings. The monoisotopic (exact) mass is 266 g/mol. The van der Waals surface area contributed by atoms with E-state index in [1.54, 1.807) is 0 Å². The van der Waals surface area contributed by atoms with Crippen LogP contribution in [0.3, 0.4) is 0 Å². The zero-order valence-electron chi connectivity index (χ0n) is 11.2. The Hall–Kier alpha value is -2.24. The number of amides is 1. The zero-order valence-corrected chi connectivity index (χ0v) is 11.2. The fourth-order valence-electron chi connectivity index (χ4n) is 1.45. The van der Waals surface area contributed by atoms with E-state index in [4.69, 9.17) is 15.6 Å². The summed E-state index contributed by atoms with van der Waals surface area (Å²) in [6.45, 7) is 4.11. The van der Waals surface area contributed by atoms with E-state index in [-0.39, 0.29) is 23.8 Å². The highest BCUT2D eigenvalue weighted by Crippen LogP contribution is 2.23. The summed E-state index contributed by atoms with van der Waals surface area (Å²) in [4.78, 5) is 24.1. The Balaban J connectivity index is 2.95. The van der Waals surface area contributed by atoms with Crippen molar-refractivity contribution in [1.29, 1.82) is 0 Å². The average molecular weight is 266 g/mol. The van der Waals surface area contributed by atoms with Gasteiger partial charge >= 0.3 is 12.1 Å². The van der Waals surface area contributed by atoms with Gasteiger partial charge in [-0.05, 0) is 24.1 Å². The van der Waals surface area contributed by atoms with Gasteiger partial charge in [-0.15, -0.1) is 0 Å². The molecule has 19 heavy (non-hydrogen) atoms. The molecule has 0 saturated carbocycles. The van der Waals surface area contributed by atoms with E-state index in [0.29, 0.717) is 5.69 Å². The number of nitrogens with two attached hydrogens (primary N) is 1. The minimum atomic E-state index is -1.15. The minimum Gasteiger partial charge on any atom is -0.478 e. The van der Waals surface area contributed by atoms with Crippen LogP contribution in [0.25, 0.3) is 0 Å². The molecule has 104 valence electrons. The molecule has 0 spiro atoms. The predicted octanol–water partition coefficient (Wildman–Crippen LogP) is 2.20. The zero-order chi connectivity index (χ0) is 14.6. The van der Waals surface area contributed by atoms with Crippen molar-refractivity contribution in [3.05, 3.63) is 23.8 Å². The Bertz CT molecular complexity index is 486. The minimum absolute atomic E-state index is 0.0380. The number of nitrogens with zero attached hydrogens (tertiary/aromatic N) is 1. The molecule has 1 amide bonds. The molecule has 1 rings (SSSR count). The maximum absolute atomic E-state index is 11.8. The summed E-state index contributed by atoms with van der Waals surface area (Å²) in [5, 5.41) is 9.10. The number of hydrogen-bond acceptors (Lipinski definition) is 4. The van der Waals surface area contributed by atoms with Crippen molar-refractivity contribution in [2.45, 2.75) is 13.8 Å². The molecule has 0 bridgehead atoms. The van der Waals surface area contributed by atoms with Gasteiger partial charge in [0.05, 0.1) is 17.9 Å². The van der Waals surface area contributed by atoms with Crippen LogP contribution in [0.5, 0.6) is 0 Å². The summed E-state index contributed by atoms with van der Waals surface area (Å²) < 4.78 is 5.05. The molecule has 0 aliphatic carbocycles. The van der Waals surface area contributed by atoms with Crippen molar-refractivity contribution in [3.8, 4) is 0 Å². The first-order valence-corrected chi connectivity index (χ1v) is 5.86. The highest BCUT2D eigenvalue weighted by Gasteiger charge is 2.19. The number of benzene rings is 1. The first kappa shape index (κ1) is 14.8. The average Bonchev–Trinajstić information content (AvgIpc) is 2.34. The van der Waals surface area contributed by atoms with Crippen LogP contribution in [-0.2, 0) is 4.74 Å². The topological polar surface area (TPSA) is 92.9 Å². The molecule has 1 aromatic rings. The third-order valence-electron chi connectivity index (χ3n) is 2.43. The van der Waals surface area contributed by atoms with Crippen LogP contribution in [0.15, 0.2) is 18.2 Å². The highest BCUT2D eigenvalue weighted by atomic mass is 16.6. The molecule has 0 radical (unpaired) electrons. The second-order valence-electron chi connectivity index (χ2n) is 4.61. The molecular weight excluding hydrogens is 248 g/mol.